The summed E-state index contributed by atoms with van der Waals surface area (Å²) in [5.74, 6) is -1.07. The van der Waals surface area contributed by atoms with Gasteiger partial charge in [-0.05, 0) is 37.3 Å². The third kappa shape index (κ3) is 4.69. The van der Waals surface area contributed by atoms with Gasteiger partial charge in [0.2, 0.25) is 4.80 Å². The molecule has 0 bridgehead atoms. The van der Waals surface area contributed by atoms with E-state index in [4.69, 9.17) is 21.1 Å². The zero-order valence-electron chi connectivity index (χ0n) is 15.2. The fourth-order valence-electron chi connectivity index (χ4n) is 2.46. The Morgan fingerprint density at radius 3 is 2.59 bits per heavy atom. The Labute approximate surface area is 179 Å². The monoisotopic (exact) mass is 474 g/mol. The van der Waals surface area contributed by atoms with Crippen molar-refractivity contribution in [3.05, 3.63) is 45.0 Å². The molecule has 2 heterocycles. The Balaban J connectivity index is 2.20. The van der Waals surface area contributed by atoms with Crippen molar-refractivity contribution in [2.75, 3.05) is 13.7 Å². The molecule has 0 aliphatic heterocycles. The maximum Gasteiger partial charge on any atom is 0.337 e. The molecule has 8 nitrogen and oxygen atoms in total. The van der Waals surface area contributed by atoms with E-state index in [0.717, 1.165) is 22.7 Å². The predicted octanol–water partition coefficient (Wildman–Crippen LogP) is 3.06. The van der Waals surface area contributed by atoms with Crippen LogP contribution >= 0.6 is 34.3 Å². The molecule has 12 heteroatoms. The molecule has 3 aromatic rings. The second-order valence-corrected chi connectivity index (χ2v) is 10.1. The van der Waals surface area contributed by atoms with Gasteiger partial charge in [-0.3, -0.25) is 4.79 Å². The molecule has 0 saturated carbocycles. The van der Waals surface area contributed by atoms with Gasteiger partial charge in [0.25, 0.3) is 10.0 Å². The summed E-state index contributed by atoms with van der Waals surface area (Å²) in [5, 5.41) is 0. The fraction of sp³-hybridized carbons (Fsp3) is 0.235. The number of thiophene rings is 1. The highest BCUT2D eigenvalue weighted by Gasteiger charge is 2.19. The summed E-state index contributed by atoms with van der Waals surface area (Å²) in [6.07, 6.45) is 0. The number of sulfonamides is 1. The maximum atomic E-state index is 12.7. The van der Waals surface area contributed by atoms with Crippen molar-refractivity contribution in [2.24, 2.45) is 4.40 Å². The SMILES string of the molecule is CCOC(=O)Cn1c(=NS(=O)(=O)c2ccc(Cl)s2)sc2cc(C(=O)OC)ccc21. The van der Waals surface area contributed by atoms with Crippen LogP contribution < -0.4 is 4.80 Å². The lowest BCUT2D eigenvalue weighted by atomic mass is 10.2. The van der Waals surface area contributed by atoms with Gasteiger partial charge in [0.15, 0.2) is 0 Å². The first-order valence-corrected chi connectivity index (χ1v) is 11.6. The van der Waals surface area contributed by atoms with Crippen molar-refractivity contribution in [1.82, 2.24) is 4.57 Å². The van der Waals surface area contributed by atoms with Gasteiger partial charge < -0.3 is 14.0 Å². The van der Waals surface area contributed by atoms with Crippen LogP contribution in [0, 0.1) is 0 Å². The molecule has 0 atom stereocenters. The minimum atomic E-state index is -4.04. The van der Waals surface area contributed by atoms with Crippen molar-refractivity contribution < 1.29 is 27.5 Å². The number of nitrogens with zero attached hydrogens (tertiary/aromatic N) is 2. The number of ether oxygens (including phenoxy) is 2. The number of benzene rings is 1. The van der Waals surface area contributed by atoms with E-state index in [0.29, 0.717) is 20.1 Å². The van der Waals surface area contributed by atoms with Crippen LogP contribution in [0.4, 0.5) is 0 Å². The Kier molecular flexibility index (Phi) is 6.42. The number of hydrogen-bond acceptors (Lipinski definition) is 8. The third-order valence-corrected chi connectivity index (χ3v) is 7.82. The van der Waals surface area contributed by atoms with E-state index < -0.39 is 22.0 Å². The Bertz CT molecular complexity index is 1260. The van der Waals surface area contributed by atoms with Gasteiger partial charge in [0, 0.05) is 0 Å². The van der Waals surface area contributed by atoms with Gasteiger partial charge >= 0.3 is 11.9 Å². The van der Waals surface area contributed by atoms with Crippen molar-refractivity contribution in [3.8, 4) is 0 Å². The predicted molar refractivity (Wildman–Crippen MR) is 110 cm³/mol. The standard InChI is InChI=1S/C17H15ClN2O6S3/c1-3-26-14(21)9-20-11-5-4-10(16(22)25-2)8-12(11)27-17(20)19-29(23,24)15-7-6-13(18)28-15/h4-8H,3,9H2,1-2H3. The Hall–Kier alpha value is -2.21. The van der Waals surface area contributed by atoms with Crippen LogP contribution in [0.15, 0.2) is 38.9 Å². The summed E-state index contributed by atoms with van der Waals surface area (Å²) in [4.78, 5) is 23.9. The lowest BCUT2D eigenvalue weighted by Crippen LogP contribution is -2.23. The Morgan fingerprint density at radius 1 is 1.21 bits per heavy atom. The van der Waals surface area contributed by atoms with Crippen LogP contribution in [0.3, 0.4) is 0 Å². The van der Waals surface area contributed by atoms with Crippen molar-refractivity contribution >= 4 is 66.5 Å². The van der Waals surface area contributed by atoms with Crippen LogP contribution in [0.1, 0.15) is 17.3 Å². The highest BCUT2D eigenvalue weighted by atomic mass is 35.5. The van der Waals surface area contributed by atoms with Gasteiger partial charge in [0.1, 0.15) is 10.8 Å². The number of carbonyl (C=O) groups is 2. The van der Waals surface area contributed by atoms with Crippen molar-refractivity contribution in [3.63, 3.8) is 0 Å². The minimum absolute atomic E-state index is 0.0158. The number of carbonyl (C=O) groups excluding carboxylic acids is 2. The smallest absolute Gasteiger partial charge is 0.337 e. The molecule has 154 valence electrons. The largest absolute Gasteiger partial charge is 0.465 e. The van der Waals surface area contributed by atoms with E-state index in [1.165, 1.54) is 29.9 Å². The van der Waals surface area contributed by atoms with Crippen LogP contribution in [0.2, 0.25) is 4.34 Å². The second-order valence-electron chi connectivity index (χ2n) is 5.57. The lowest BCUT2D eigenvalue weighted by Gasteiger charge is -2.05. The first kappa shape index (κ1) is 21.5. The van der Waals surface area contributed by atoms with Crippen LogP contribution in [0.5, 0.6) is 0 Å². The molecule has 0 amide bonds. The fourth-order valence-corrected chi connectivity index (χ4v) is 6.19. The van der Waals surface area contributed by atoms with E-state index in [9.17, 15) is 18.0 Å². The highest BCUT2D eigenvalue weighted by molar-refractivity contribution is 7.92. The molecule has 0 radical (unpaired) electrons. The summed E-state index contributed by atoms with van der Waals surface area (Å²) < 4.78 is 41.2. The van der Waals surface area contributed by atoms with E-state index in [2.05, 4.69) is 4.40 Å². The summed E-state index contributed by atoms with van der Waals surface area (Å²) in [7, 11) is -2.77. The number of fused-ring (bicyclic) bond motifs is 1. The maximum absolute atomic E-state index is 12.7. The molecule has 3 rings (SSSR count). The summed E-state index contributed by atoms with van der Waals surface area (Å²) >= 11 is 7.75. The van der Waals surface area contributed by atoms with Crippen LogP contribution in [-0.2, 0) is 30.8 Å². The number of rotatable bonds is 6. The molecule has 0 unspecified atom stereocenters. The zero-order valence-corrected chi connectivity index (χ0v) is 18.5. The molecule has 0 saturated heterocycles. The summed E-state index contributed by atoms with van der Waals surface area (Å²) in [5.41, 5.74) is 0.831. The molecule has 1 aromatic carbocycles. The molecule has 2 aromatic heterocycles. The molecular formula is C17H15ClN2O6S3. The zero-order chi connectivity index (χ0) is 21.2. The van der Waals surface area contributed by atoms with E-state index in [1.807, 2.05) is 0 Å². The van der Waals surface area contributed by atoms with Crippen molar-refractivity contribution in [2.45, 2.75) is 17.7 Å². The molecular weight excluding hydrogens is 460 g/mol. The van der Waals surface area contributed by atoms with Crippen LogP contribution in [-0.4, -0.2) is 38.6 Å². The quantitative estimate of drug-likeness (QED) is 0.508. The average Bonchev–Trinajstić information content (AvgIpc) is 3.25. The van der Waals surface area contributed by atoms with Gasteiger partial charge in [-0.15, -0.1) is 15.7 Å². The Morgan fingerprint density at radius 2 is 1.97 bits per heavy atom. The molecule has 0 fully saturated rings. The number of methoxy groups -OCH3 is 1. The van der Waals surface area contributed by atoms with E-state index in [-0.39, 0.29) is 22.2 Å². The van der Waals surface area contributed by atoms with Crippen LogP contribution in [0.25, 0.3) is 10.2 Å². The normalized spacial score (nSPS) is 12.3. The molecule has 0 spiro atoms. The number of aromatic nitrogens is 1. The van der Waals surface area contributed by atoms with Gasteiger partial charge in [-0.25, -0.2) is 4.79 Å². The lowest BCUT2D eigenvalue weighted by molar-refractivity contribution is -0.143. The number of thiazole rings is 1. The molecule has 0 N–H and O–H groups in total. The number of hydrogen-bond donors (Lipinski definition) is 0. The van der Waals surface area contributed by atoms with Crippen molar-refractivity contribution in [1.29, 1.82) is 0 Å². The minimum Gasteiger partial charge on any atom is -0.465 e. The molecule has 0 aliphatic rings. The highest BCUT2D eigenvalue weighted by Crippen LogP contribution is 2.27. The van der Waals surface area contributed by atoms with Gasteiger partial charge in [0.05, 0.1) is 33.8 Å². The molecule has 0 aliphatic carbocycles. The summed E-state index contributed by atoms with van der Waals surface area (Å²) in [6.45, 7) is 1.63. The van der Waals surface area contributed by atoms with Gasteiger partial charge in [-0.1, -0.05) is 22.9 Å². The van der Waals surface area contributed by atoms with Gasteiger partial charge in [-0.2, -0.15) is 8.42 Å². The van der Waals surface area contributed by atoms with E-state index >= 15 is 0 Å². The topological polar surface area (TPSA) is 104 Å². The third-order valence-electron chi connectivity index (χ3n) is 3.70. The van der Waals surface area contributed by atoms with E-state index in [1.54, 1.807) is 19.1 Å². The number of halogens is 1. The first-order valence-electron chi connectivity index (χ1n) is 8.19. The molecule has 29 heavy (non-hydrogen) atoms. The number of esters is 2. The average molecular weight is 475 g/mol. The first-order chi connectivity index (χ1) is 13.7. The summed E-state index contributed by atoms with van der Waals surface area (Å²) in [6, 6.07) is 7.52. The second kappa shape index (κ2) is 8.66.